The van der Waals surface area contributed by atoms with Gasteiger partial charge in [-0.05, 0) is 30.3 Å². The first-order valence-electron chi connectivity index (χ1n) is 10.2. The lowest BCUT2D eigenvalue weighted by atomic mass is 10.0. The van der Waals surface area contributed by atoms with Crippen molar-refractivity contribution in [3.8, 4) is 34.2 Å². The summed E-state index contributed by atoms with van der Waals surface area (Å²) in [5, 5.41) is 7.67. The number of fused-ring (bicyclic) bond motifs is 1. The molecule has 2 N–H and O–H groups in total. The van der Waals surface area contributed by atoms with E-state index >= 15 is 0 Å². The number of para-hydroxylation sites is 1. The number of rotatable bonds is 4. The Morgan fingerprint density at radius 3 is 2.31 bits per heavy atom. The van der Waals surface area contributed by atoms with Crippen molar-refractivity contribution in [3.63, 3.8) is 0 Å². The van der Waals surface area contributed by atoms with Gasteiger partial charge >= 0.3 is 12.4 Å². The highest BCUT2D eigenvalue weighted by Crippen LogP contribution is 2.40. The van der Waals surface area contributed by atoms with Crippen LogP contribution in [-0.4, -0.2) is 29.9 Å². The summed E-state index contributed by atoms with van der Waals surface area (Å²) in [5.41, 5.74) is 4.43. The van der Waals surface area contributed by atoms with E-state index in [1.165, 1.54) is 17.1 Å². The molecule has 2 aliphatic heterocycles. The van der Waals surface area contributed by atoms with Crippen LogP contribution in [0.15, 0.2) is 59.4 Å². The normalized spacial score (nSPS) is 12.4. The summed E-state index contributed by atoms with van der Waals surface area (Å²) >= 11 is 0. The molecule has 2 aliphatic rings. The number of hydrogen-bond donors (Lipinski definition) is 1. The molecule has 0 unspecified atom stereocenters. The third-order valence-electron chi connectivity index (χ3n) is 5.18. The third kappa shape index (κ3) is 4.44. The van der Waals surface area contributed by atoms with Gasteiger partial charge in [0.25, 0.3) is 0 Å². The van der Waals surface area contributed by atoms with Crippen LogP contribution < -0.4 is 5.73 Å². The zero-order chi connectivity index (χ0) is 25.7. The van der Waals surface area contributed by atoms with E-state index in [4.69, 9.17) is 10.3 Å². The van der Waals surface area contributed by atoms with Gasteiger partial charge in [-0.15, -0.1) is 0 Å². The minimum absolute atomic E-state index is 0.0146. The predicted molar refractivity (Wildman–Crippen MR) is 113 cm³/mol. The first-order chi connectivity index (χ1) is 17.0. The van der Waals surface area contributed by atoms with Crippen molar-refractivity contribution in [3.05, 3.63) is 71.9 Å². The molecule has 5 rings (SSSR count). The Bertz CT molecular complexity index is 1520. The molecule has 0 radical (unpaired) electrons. The standard InChI is InChI=1S/C22H13F6N7O/c23-21(24,25)11-5-6-12(14(7-11)22(26,27)28)20-33-18(36-34-20)10-35-9-17-16(8-30-35)31-19(32-17)13-3-1-2-4-15(13)29/h1-9H,10,29H2. The molecular weight excluding hydrogens is 492 g/mol. The van der Waals surface area contributed by atoms with Crippen molar-refractivity contribution >= 4 is 5.69 Å². The average Bonchev–Trinajstić information content (AvgIpc) is 3.44. The molecule has 1 aromatic heterocycles. The van der Waals surface area contributed by atoms with Crippen LogP contribution in [0.4, 0.5) is 32.0 Å². The van der Waals surface area contributed by atoms with E-state index in [2.05, 4.69) is 25.2 Å². The number of hydrogen-bond acceptors (Lipinski definition) is 7. The zero-order valence-electron chi connectivity index (χ0n) is 17.8. The van der Waals surface area contributed by atoms with E-state index in [-0.39, 0.29) is 18.5 Å². The van der Waals surface area contributed by atoms with Crippen LogP contribution in [0.3, 0.4) is 0 Å². The summed E-state index contributed by atoms with van der Waals surface area (Å²) in [4.78, 5) is 12.7. The van der Waals surface area contributed by atoms with Crippen LogP contribution >= 0.6 is 0 Å². The Balaban J connectivity index is 1.44. The monoisotopic (exact) mass is 505 g/mol. The maximum Gasteiger partial charge on any atom is 0.417 e. The predicted octanol–water partition coefficient (Wildman–Crippen LogP) is 5.16. The summed E-state index contributed by atoms with van der Waals surface area (Å²) in [6.45, 7) is -0.138. The van der Waals surface area contributed by atoms with Gasteiger partial charge in [0.1, 0.15) is 17.9 Å². The number of nitrogens with two attached hydrogens (primary N) is 1. The Kier molecular flexibility index (Phi) is 5.38. The topological polar surface area (TPSA) is 109 Å². The molecule has 184 valence electrons. The highest BCUT2D eigenvalue weighted by Gasteiger charge is 2.39. The van der Waals surface area contributed by atoms with Gasteiger partial charge in [-0.25, -0.2) is 9.97 Å². The van der Waals surface area contributed by atoms with Crippen molar-refractivity contribution in [1.82, 2.24) is 29.9 Å². The lowest BCUT2D eigenvalue weighted by Crippen LogP contribution is -2.12. The van der Waals surface area contributed by atoms with Crippen LogP contribution in [0.2, 0.25) is 0 Å². The third-order valence-corrected chi connectivity index (χ3v) is 5.18. The first-order valence-corrected chi connectivity index (χ1v) is 10.2. The van der Waals surface area contributed by atoms with Gasteiger partial charge in [0.2, 0.25) is 11.7 Å². The number of nitrogens with zero attached hydrogens (tertiary/aromatic N) is 6. The number of alkyl halides is 6. The van der Waals surface area contributed by atoms with Gasteiger partial charge in [0.05, 0.1) is 23.5 Å². The van der Waals surface area contributed by atoms with E-state index in [9.17, 15) is 26.3 Å². The maximum absolute atomic E-state index is 13.5. The molecule has 0 spiro atoms. The lowest BCUT2D eigenvalue weighted by Gasteiger charge is -2.14. The molecule has 0 fully saturated rings. The molecule has 14 heteroatoms. The smallest absolute Gasteiger partial charge is 0.398 e. The fourth-order valence-electron chi connectivity index (χ4n) is 3.49. The van der Waals surface area contributed by atoms with Crippen molar-refractivity contribution in [2.24, 2.45) is 0 Å². The minimum Gasteiger partial charge on any atom is -0.398 e. The highest BCUT2D eigenvalue weighted by molar-refractivity contribution is 5.74. The number of halogens is 6. The van der Waals surface area contributed by atoms with Gasteiger partial charge in [-0.1, -0.05) is 17.3 Å². The highest BCUT2D eigenvalue weighted by atomic mass is 19.4. The maximum atomic E-state index is 13.5. The summed E-state index contributed by atoms with van der Waals surface area (Å²) in [5.74, 6) is -0.241. The molecular formula is C22H13F6N7O. The molecule has 3 aromatic rings. The van der Waals surface area contributed by atoms with Gasteiger partial charge in [0, 0.05) is 16.8 Å². The number of imidazole rings is 1. The van der Waals surface area contributed by atoms with Crippen molar-refractivity contribution in [1.29, 1.82) is 0 Å². The molecule has 0 bridgehead atoms. The Morgan fingerprint density at radius 2 is 1.58 bits per heavy atom. The van der Waals surface area contributed by atoms with E-state index < -0.39 is 34.9 Å². The van der Waals surface area contributed by atoms with Crippen LogP contribution in [0, 0.1) is 0 Å². The number of nitrogen functional groups attached to an aromatic ring is 1. The van der Waals surface area contributed by atoms with Gasteiger partial charge < -0.3 is 10.3 Å². The zero-order valence-corrected chi connectivity index (χ0v) is 17.8. The Labute approximate surface area is 197 Å². The van der Waals surface area contributed by atoms with E-state index in [1.807, 2.05) is 0 Å². The molecule has 0 aliphatic carbocycles. The van der Waals surface area contributed by atoms with E-state index in [1.54, 1.807) is 24.3 Å². The molecule has 8 nitrogen and oxygen atoms in total. The molecule has 0 saturated carbocycles. The van der Waals surface area contributed by atoms with Gasteiger partial charge in [-0.2, -0.15) is 36.4 Å². The largest absolute Gasteiger partial charge is 0.417 e. The van der Waals surface area contributed by atoms with Gasteiger partial charge in [-0.3, -0.25) is 4.68 Å². The van der Waals surface area contributed by atoms with Crippen LogP contribution in [0.1, 0.15) is 17.0 Å². The van der Waals surface area contributed by atoms with Gasteiger partial charge in [0.15, 0.2) is 5.82 Å². The van der Waals surface area contributed by atoms with E-state index in [0.29, 0.717) is 40.6 Å². The molecule has 0 saturated heterocycles. The molecule has 3 heterocycles. The summed E-state index contributed by atoms with van der Waals surface area (Å²) in [6.07, 6.45) is -7.07. The second-order valence-corrected chi connectivity index (χ2v) is 7.64. The Morgan fingerprint density at radius 1 is 0.833 bits per heavy atom. The van der Waals surface area contributed by atoms with Crippen LogP contribution in [0.5, 0.6) is 0 Å². The Hall–Kier alpha value is -4.49. The van der Waals surface area contributed by atoms with Crippen molar-refractivity contribution in [2.45, 2.75) is 18.9 Å². The van der Waals surface area contributed by atoms with E-state index in [0.717, 1.165) is 0 Å². The van der Waals surface area contributed by atoms with Crippen molar-refractivity contribution < 1.29 is 30.9 Å². The fraction of sp³-hybridized carbons (Fsp3) is 0.136. The second-order valence-electron chi connectivity index (χ2n) is 7.64. The fourth-order valence-corrected chi connectivity index (χ4v) is 3.49. The minimum atomic E-state index is -5.07. The lowest BCUT2D eigenvalue weighted by molar-refractivity contribution is -0.142. The first kappa shape index (κ1) is 23.3. The van der Waals surface area contributed by atoms with Crippen LogP contribution in [0.25, 0.3) is 34.2 Å². The summed E-state index contributed by atoms with van der Waals surface area (Å²) in [6, 6.07) is 8.24. The average molecular weight is 505 g/mol. The quantitative estimate of drug-likeness (QED) is 0.265. The number of anilines is 1. The van der Waals surface area contributed by atoms with Crippen molar-refractivity contribution in [2.75, 3.05) is 5.73 Å². The molecule has 2 aromatic carbocycles. The summed E-state index contributed by atoms with van der Waals surface area (Å²) < 4.78 is 85.5. The molecule has 36 heavy (non-hydrogen) atoms. The SMILES string of the molecule is Nc1ccccc1-c1nc2cnn(Cc3nc(-c4ccc(C(F)(F)F)cc4C(F)(F)F)no3)cc-2n1. The molecule has 0 atom stereocenters. The summed E-state index contributed by atoms with van der Waals surface area (Å²) in [7, 11) is 0. The second kappa shape index (κ2) is 8.32. The molecule has 0 amide bonds. The van der Waals surface area contributed by atoms with Crippen LogP contribution in [-0.2, 0) is 18.9 Å². The number of benzene rings is 2. The number of aromatic nitrogens is 6.